The molecule has 0 fully saturated rings. The Morgan fingerprint density at radius 1 is 1.23 bits per heavy atom. The van der Waals surface area contributed by atoms with Crippen molar-refractivity contribution in [2.24, 2.45) is 0 Å². The van der Waals surface area contributed by atoms with Gasteiger partial charge in [0, 0.05) is 37.8 Å². The molecule has 0 atom stereocenters. The Labute approximate surface area is 178 Å². The van der Waals surface area contributed by atoms with Crippen LogP contribution in [0.25, 0.3) is 21.5 Å². The summed E-state index contributed by atoms with van der Waals surface area (Å²) < 4.78 is 1.51. The normalized spacial score (nSPS) is 11.1. The first-order valence-electron chi connectivity index (χ1n) is 9.88. The second-order valence-electron chi connectivity index (χ2n) is 7.20. The van der Waals surface area contributed by atoms with E-state index in [9.17, 15) is 9.59 Å². The molecule has 0 bridgehead atoms. The first-order chi connectivity index (χ1) is 14.6. The number of fused-ring (bicyclic) bond motifs is 1. The van der Waals surface area contributed by atoms with Crippen LogP contribution in [0.5, 0.6) is 0 Å². The van der Waals surface area contributed by atoms with Gasteiger partial charge in [0.05, 0.1) is 17.4 Å². The number of amides is 1. The number of nitrogens with zero attached hydrogens (tertiary/aromatic N) is 4. The van der Waals surface area contributed by atoms with Crippen molar-refractivity contribution in [3.05, 3.63) is 70.2 Å². The van der Waals surface area contributed by atoms with Gasteiger partial charge in [-0.2, -0.15) is 5.10 Å². The monoisotopic (exact) mass is 421 g/mol. The van der Waals surface area contributed by atoms with Gasteiger partial charge in [-0.25, -0.2) is 4.98 Å². The summed E-state index contributed by atoms with van der Waals surface area (Å²) in [4.78, 5) is 31.6. The van der Waals surface area contributed by atoms with Gasteiger partial charge in [0.15, 0.2) is 0 Å². The standard InChI is InChI=1S/C22H23N5O2S/c1-26(11-5-8-17-14-19(25-24-17)16-6-3-2-4-7-16)20(28)9-12-27-15-23-21-18(22(27)29)10-13-30-21/h2-4,6-7,10,13-15H,5,8-9,11-12H2,1H3,(H,24,25). The van der Waals surface area contributed by atoms with Crippen LogP contribution >= 0.6 is 11.3 Å². The lowest BCUT2D eigenvalue weighted by Crippen LogP contribution is -2.30. The topological polar surface area (TPSA) is 83.9 Å². The first-order valence-corrected chi connectivity index (χ1v) is 10.8. The van der Waals surface area contributed by atoms with Crippen LogP contribution in [0.2, 0.25) is 0 Å². The summed E-state index contributed by atoms with van der Waals surface area (Å²) in [7, 11) is 1.80. The SMILES string of the molecule is CN(CCCc1cc(-c2ccccc2)n[nH]1)C(=O)CCn1cnc2sccc2c1=O. The van der Waals surface area contributed by atoms with Crippen LogP contribution in [0, 0.1) is 0 Å². The van der Waals surface area contributed by atoms with E-state index < -0.39 is 0 Å². The third kappa shape index (κ3) is 4.49. The maximum atomic E-state index is 12.4. The molecule has 30 heavy (non-hydrogen) atoms. The van der Waals surface area contributed by atoms with Gasteiger partial charge in [-0.15, -0.1) is 11.3 Å². The summed E-state index contributed by atoms with van der Waals surface area (Å²) in [6, 6.07) is 13.9. The molecule has 0 aliphatic carbocycles. The number of rotatable bonds is 8. The van der Waals surface area contributed by atoms with Crippen molar-refractivity contribution in [1.82, 2.24) is 24.6 Å². The van der Waals surface area contributed by atoms with Crippen molar-refractivity contribution in [2.75, 3.05) is 13.6 Å². The molecule has 0 aliphatic rings. The third-order valence-electron chi connectivity index (χ3n) is 5.08. The van der Waals surface area contributed by atoms with E-state index in [4.69, 9.17) is 0 Å². The fourth-order valence-corrected chi connectivity index (χ4v) is 4.06. The molecule has 154 valence electrons. The molecule has 0 unspecified atom stereocenters. The lowest BCUT2D eigenvalue weighted by Gasteiger charge is -2.17. The number of aromatic amines is 1. The predicted octanol–water partition coefficient (Wildman–Crippen LogP) is 3.33. The highest BCUT2D eigenvalue weighted by molar-refractivity contribution is 7.16. The van der Waals surface area contributed by atoms with Gasteiger partial charge in [-0.05, 0) is 30.4 Å². The number of benzene rings is 1. The largest absolute Gasteiger partial charge is 0.346 e. The molecule has 0 aliphatic heterocycles. The zero-order valence-corrected chi connectivity index (χ0v) is 17.6. The highest BCUT2D eigenvalue weighted by atomic mass is 32.1. The van der Waals surface area contributed by atoms with Crippen LogP contribution in [0.3, 0.4) is 0 Å². The smallest absolute Gasteiger partial charge is 0.262 e. The molecule has 1 aromatic carbocycles. The van der Waals surface area contributed by atoms with E-state index in [0.29, 0.717) is 18.5 Å². The van der Waals surface area contributed by atoms with Gasteiger partial charge in [0.2, 0.25) is 5.91 Å². The molecular formula is C22H23N5O2S. The first kappa shape index (κ1) is 20.0. The molecule has 0 radical (unpaired) electrons. The maximum absolute atomic E-state index is 12.4. The highest BCUT2D eigenvalue weighted by Crippen LogP contribution is 2.17. The lowest BCUT2D eigenvalue weighted by atomic mass is 10.1. The Kier molecular flexibility index (Phi) is 6.04. The molecule has 3 heterocycles. The van der Waals surface area contributed by atoms with Crippen LogP contribution < -0.4 is 5.56 Å². The third-order valence-corrected chi connectivity index (χ3v) is 5.90. The van der Waals surface area contributed by atoms with E-state index in [0.717, 1.165) is 34.6 Å². The number of hydrogen-bond acceptors (Lipinski definition) is 5. The molecule has 4 rings (SSSR count). The zero-order valence-electron chi connectivity index (χ0n) is 16.7. The predicted molar refractivity (Wildman–Crippen MR) is 118 cm³/mol. The molecule has 0 saturated heterocycles. The molecule has 0 saturated carbocycles. The van der Waals surface area contributed by atoms with Crippen molar-refractivity contribution >= 4 is 27.5 Å². The summed E-state index contributed by atoms with van der Waals surface area (Å²) in [6.45, 7) is 0.983. The van der Waals surface area contributed by atoms with Crippen molar-refractivity contribution in [1.29, 1.82) is 0 Å². The summed E-state index contributed by atoms with van der Waals surface area (Å²) in [6.07, 6.45) is 3.45. The van der Waals surface area contributed by atoms with E-state index in [1.807, 2.05) is 35.7 Å². The van der Waals surface area contributed by atoms with Crippen LogP contribution in [-0.2, 0) is 17.8 Å². The Hall–Kier alpha value is -3.26. The molecule has 4 aromatic rings. The number of nitrogens with one attached hydrogen (secondary N) is 1. The zero-order chi connectivity index (χ0) is 20.9. The maximum Gasteiger partial charge on any atom is 0.262 e. The second kappa shape index (κ2) is 9.04. The number of H-pyrrole nitrogens is 1. The Morgan fingerprint density at radius 2 is 2.07 bits per heavy atom. The van der Waals surface area contributed by atoms with Crippen LogP contribution in [-0.4, -0.2) is 44.1 Å². The summed E-state index contributed by atoms with van der Waals surface area (Å²) in [5, 5.41) is 9.90. The van der Waals surface area contributed by atoms with Crippen molar-refractivity contribution < 1.29 is 4.79 Å². The Balaban J connectivity index is 1.25. The Bertz CT molecular complexity index is 1190. The van der Waals surface area contributed by atoms with Gasteiger partial charge in [0.1, 0.15) is 4.83 Å². The Morgan fingerprint density at radius 3 is 2.90 bits per heavy atom. The van der Waals surface area contributed by atoms with Crippen LogP contribution in [0.1, 0.15) is 18.5 Å². The van der Waals surface area contributed by atoms with Crippen molar-refractivity contribution in [2.45, 2.75) is 25.8 Å². The van der Waals surface area contributed by atoms with E-state index in [1.165, 1.54) is 22.2 Å². The van der Waals surface area contributed by atoms with E-state index in [-0.39, 0.29) is 17.9 Å². The molecule has 7 nitrogen and oxygen atoms in total. The van der Waals surface area contributed by atoms with Crippen molar-refractivity contribution in [3.63, 3.8) is 0 Å². The van der Waals surface area contributed by atoms with Crippen molar-refractivity contribution in [3.8, 4) is 11.3 Å². The molecule has 1 N–H and O–H groups in total. The minimum absolute atomic E-state index is 0.0156. The average Bonchev–Trinajstić information content (AvgIpc) is 3.43. The van der Waals surface area contributed by atoms with E-state index in [1.54, 1.807) is 18.0 Å². The second-order valence-corrected chi connectivity index (χ2v) is 8.09. The van der Waals surface area contributed by atoms with Gasteiger partial charge in [-0.3, -0.25) is 19.3 Å². The van der Waals surface area contributed by atoms with Crippen LogP contribution in [0.15, 0.2) is 59.0 Å². The number of carbonyl (C=O) groups is 1. The number of hydrogen-bond donors (Lipinski definition) is 1. The fourth-order valence-electron chi connectivity index (χ4n) is 3.34. The van der Waals surface area contributed by atoms with E-state index >= 15 is 0 Å². The molecule has 0 spiro atoms. The number of carbonyl (C=O) groups excluding carboxylic acids is 1. The molecule has 1 amide bonds. The van der Waals surface area contributed by atoms with Gasteiger partial charge in [0.25, 0.3) is 5.56 Å². The highest BCUT2D eigenvalue weighted by Gasteiger charge is 2.11. The molecule has 3 aromatic heterocycles. The molecule has 8 heteroatoms. The van der Waals surface area contributed by atoms with Gasteiger partial charge >= 0.3 is 0 Å². The fraction of sp³-hybridized carbons (Fsp3) is 0.273. The number of thiophene rings is 1. The van der Waals surface area contributed by atoms with Gasteiger partial charge in [-0.1, -0.05) is 30.3 Å². The lowest BCUT2D eigenvalue weighted by molar-refractivity contribution is -0.130. The number of aromatic nitrogens is 4. The van der Waals surface area contributed by atoms with Crippen LogP contribution in [0.4, 0.5) is 0 Å². The summed E-state index contributed by atoms with van der Waals surface area (Å²) in [5.41, 5.74) is 2.97. The van der Waals surface area contributed by atoms with Gasteiger partial charge < -0.3 is 4.90 Å². The summed E-state index contributed by atoms with van der Waals surface area (Å²) >= 11 is 1.44. The molecular weight excluding hydrogens is 398 g/mol. The number of aryl methyl sites for hydroxylation is 2. The minimum Gasteiger partial charge on any atom is -0.346 e. The quantitative estimate of drug-likeness (QED) is 0.473. The summed E-state index contributed by atoms with van der Waals surface area (Å²) in [5.74, 6) is 0.0156. The van der Waals surface area contributed by atoms with E-state index in [2.05, 4.69) is 21.2 Å². The minimum atomic E-state index is -0.0924. The average molecular weight is 422 g/mol.